The van der Waals surface area contributed by atoms with Crippen LogP contribution < -0.4 is 4.74 Å². The van der Waals surface area contributed by atoms with Crippen LogP contribution in [0, 0.1) is 0 Å². The van der Waals surface area contributed by atoms with Crippen molar-refractivity contribution in [3.63, 3.8) is 0 Å². The molecule has 0 bridgehead atoms. The van der Waals surface area contributed by atoms with Crippen molar-refractivity contribution in [1.29, 1.82) is 0 Å². The SMILES string of the molecule is ClCc1ccc(OCCc2ccccc2)c(Cl)c1. The van der Waals surface area contributed by atoms with Gasteiger partial charge < -0.3 is 4.74 Å². The van der Waals surface area contributed by atoms with E-state index in [-0.39, 0.29) is 0 Å². The van der Waals surface area contributed by atoms with Crippen molar-refractivity contribution in [1.82, 2.24) is 0 Å². The van der Waals surface area contributed by atoms with Crippen LogP contribution in [0.25, 0.3) is 0 Å². The van der Waals surface area contributed by atoms with Crippen LogP contribution in [0.2, 0.25) is 5.02 Å². The average Bonchev–Trinajstić information content (AvgIpc) is 2.42. The van der Waals surface area contributed by atoms with E-state index >= 15 is 0 Å². The lowest BCUT2D eigenvalue weighted by Crippen LogP contribution is -2.01. The van der Waals surface area contributed by atoms with Gasteiger partial charge in [0.25, 0.3) is 0 Å². The minimum absolute atomic E-state index is 0.462. The zero-order chi connectivity index (χ0) is 12.8. The van der Waals surface area contributed by atoms with Gasteiger partial charge in [0.2, 0.25) is 0 Å². The van der Waals surface area contributed by atoms with Gasteiger partial charge in [-0.25, -0.2) is 0 Å². The summed E-state index contributed by atoms with van der Waals surface area (Å²) in [4.78, 5) is 0. The van der Waals surface area contributed by atoms with Gasteiger partial charge in [-0.3, -0.25) is 0 Å². The first-order chi connectivity index (χ1) is 8.79. The van der Waals surface area contributed by atoms with Gasteiger partial charge in [-0.05, 0) is 23.3 Å². The Hall–Kier alpha value is -1.18. The third-order valence-electron chi connectivity index (χ3n) is 2.64. The molecule has 94 valence electrons. The van der Waals surface area contributed by atoms with E-state index in [0.29, 0.717) is 23.3 Å². The highest BCUT2D eigenvalue weighted by Gasteiger charge is 2.02. The van der Waals surface area contributed by atoms with E-state index in [4.69, 9.17) is 27.9 Å². The van der Waals surface area contributed by atoms with Gasteiger partial charge in [-0.2, -0.15) is 0 Å². The summed E-state index contributed by atoms with van der Waals surface area (Å²) in [5.41, 5.74) is 2.25. The largest absolute Gasteiger partial charge is 0.492 e. The van der Waals surface area contributed by atoms with Gasteiger partial charge in [0.05, 0.1) is 11.6 Å². The Morgan fingerprint density at radius 2 is 1.72 bits per heavy atom. The van der Waals surface area contributed by atoms with Crippen LogP contribution in [0.15, 0.2) is 48.5 Å². The van der Waals surface area contributed by atoms with Gasteiger partial charge in [-0.15, -0.1) is 11.6 Å². The van der Waals surface area contributed by atoms with Crippen molar-refractivity contribution < 1.29 is 4.74 Å². The number of benzene rings is 2. The molecule has 0 N–H and O–H groups in total. The summed E-state index contributed by atoms with van der Waals surface area (Å²) in [6.45, 7) is 0.615. The standard InChI is InChI=1S/C15H14Cl2O/c16-11-13-6-7-15(14(17)10-13)18-9-8-12-4-2-1-3-5-12/h1-7,10H,8-9,11H2. The Bertz CT molecular complexity index is 497. The average molecular weight is 281 g/mol. The highest BCUT2D eigenvalue weighted by molar-refractivity contribution is 6.32. The molecule has 3 heteroatoms. The Morgan fingerprint density at radius 3 is 2.39 bits per heavy atom. The molecule has 2 rings (SSSR count). The third kappa shape index (κ3) is 3.66. The summed E-state index contributed by atoms with van der Waals surface area (Å²) in [6, 6.07) is 15.9. The smallest absolute Gasteiger partial charge is 0.137 e. The van der Waals surface area contributed by atoms with Crippen molar-refractivity contribution in [2.75, 3.05) is 6.61 Å². The minimum Gasteiger partial charge on any atom is -0.492 e. The zero-order valence-electron chi connectivity index (χ0n) is 9.90. The van der Waals surface area contributed by atoms with Gasteiger partial charge in [0.1, 0.15) is 5.75 Å². The van der Waals surface area contributed by atoms with Crippen LogP contribution in [0.4, 0.5) is 0 Å². The molecule has 0 unspecified atom stereocenters. The van der Waals surface area contributed by atoms with E-state index in [1.165, 1.54) is 5.56 Å². The molecular weight excluding hydrogens is 267 g/mol. The summed E-state index contributed by atoms with van der Waals surface area (Å²) >= 11 is 11.8. The van der Waals surface area contributed by atoms with Crippen LogP contribution in [0.5, 0.6) is 5.75 Å². The predicted molar refractivity (Wildman–Crippen MR) is 76.7 cm³/mol. The molecule has 0 atom stereocenters. The van der Waals surface area contributed by atoms with Crippen LogP contribution in [-0.4, -0.2) is 6.61 Å². The van der Waals surface area contributed by atoms with Crippen LogP contribution in [-0.2, 0) is 12.3 Å². The Labute approximate surface area is 117 Å². The first-order valence-electron chi connectivity index (χ1n) is 5.80. The van der Waals surface area contributed by atoms with E-state index in [1.807, 2.05) is 36.4 Å². The molecule has 0 aliphatic carbocycles. The lowest BCUT2D eigenvalue weighted by atomic mass is 10.2. The van der Waals surface area contributed by atoms with Crippen molar-refractivity contribution in [2.24, 2.45) is 0 Å². The summed E-state index contributed by atoms with van der Waals surface area (Å²) in [5.74, 6) is 1.17. The second kappa shape index (κ2) is 6.67. The molecule has 0 saturated heterocycles. The second-order valence-corrected chi connectivity index (χ2v) is 4.66. The molecule has 0 radical (unpaired) electrons. The maximum absolute atomic E-state index is 6.11. The van der Waals surface area contributed by atoms with E-state index in [2.05, 4.69) is 12.1 Å². The molecular formula is C15H14Cl2O. The first-order valence-corrected chi connectivity index (χ1v) is 6.72. The van der Waals surface area contributed by atoms with Crippen LogP contribution >= 0.6 is 23.2 Å². The molecule has 0 saturated carbocycles. The van der Waals surface area contributed by atoms with Crippen LogP contribution in [0.1, 0.15) is 11.1 Å². The zero-order valence-corrected chi connectivity index (χ0v) is 11.4. The number of halogens is 2. The molecule has 0 aliphatic heterocycles. The van der Waals surface area contributed by atoms with Crippen molar-refractivity contribution in [3.8, 4) is 5.75 Å². The lowest BCUT2D eigenvalue weighted by Gasteiger charge is -2.09. The fraction of sp³-hybridized carbons (Fsp3) is 0.200. The molecule has 0 spiro atoms. The highest BCUT2D eigenvalue weighted by Crippen LogP contribution is 2.26. The molecule has 1 nitrogen and oxygen atoms in total. The fourth-order valence-electron chi connectivity index (χ4n) is 1.67. The van der Waals surface area contributed by atoms with Gasteiger partial charge in [0.15, 0.2) is 0 Å². The Morgan fingerprint density at radius 1 is 0.944 bits per heavy atom. The van der Waals surface area contributed by atoms with Gasteiger partial charge in [0, 0.05) is 12.3 Å². The van der Waals surface area contributed by atoms with E-state index in [1.54, 1.807) is 0 Å². The highest BCUT2D eigenvalue weighted by atomic mass is 35.5. The number of alkyl halides is 1. The summed E-state index contributed by atoms with van der Waals surface area (Å²) in [5, 5.41) is 0.612. The van der Waals surface area contributed by atoms with E-state index in [0.717, 1.165) is 12.0 Å². The van der Waals surface area contributed by atoms with Crippen molar-refractivity contribution >= 4 is 23.2 Å². The number of hydrogen-bond acceptors (Lipinski definition) is 1. The maximum Gasteiger partial charge on any atom is 0.137 e. The number of ether oxygens (including phenoxy) is 1. The Kier molecular flexibility index (Phi) is 4.91. The van der Waals surface area contributed by atoms with E-state index in [9.17, 15) is 0 Å². The molecule has 0 aromatic heterocycles. The number of rotatable bonds is 5. The molecule has 18 heavy (non-hydrogen) atoms. The molecule has 0 amide bonds. The lowest BCUT2D eigenvalue weighted by molar-refractivity contribution is 0.322. The number of hydrogen-bond donors (Lipinski definition) is 0. The fourth-order valence-corrected chi connectivity index (χ4v) is 2.09. The summed E-state index contributed by atoms with van der Waals surface area (Å²) in [7, 11) is 0. The monoisotopic (exact) mass is 280 g/mol. The maximum atomic E-state index is 6.11. The minimum atomic E-state index is 0.462. The predicted octanol–water partition coefficient (Wildman–Crippen LogP) is 4.70. The quantitative estimate of drug-likeness (QED) is 0.722. The van der Waals surface area contributed by atoms with Crippen molar-refractivity contribution in [3.05, 3.63) is 64.7 Å². The summed E-state index contributed by atoms with van der Waals surface area (Å²) in [6.07, 6.45) is 0.869. The summed E-state index contributed by atoms with van der Waals surface area (Å²) < 4.78 is 5.67. The molecule has 2 aromatic rings. The molecule has 2 aromatic carbocycles. The van der Waals surface area contributed by atoms with Crippen LogP contribution in [0.3, 0.4) is 0 Å². The normalized spacial score (nSPS) is 10.3. The van der Waals surface area contributed by atoms with Crippen molar-refractivity contribution in [2.45, 2.75) is 12.3 Å². The van der Waals surface area contributed by atoms with Gasteiger partial charge in [-0.1, -0.05) is 48.0 Å². The Balaban J connectivity index is 1.91. The molecule has 0 fully saturated rings. The topological polar surface area (TPSA) is 9.23 Å². The second-order valence-electron chi connectivity index (χ2n) is 3.98. The first kappa shape index (κ1) is 13.3. The third-order valence-corrected chi connectivity index (χ3v) is 3.25. The van der Waals surface area contributed by atoms with E-state index < -0.39 is 0 Å². The molecule has 0 heterocycles. The molecule has 0 aliphatic rings. The van der Waals surface area contributed by atoms with Gasteiger partial charge >= 0.3 is 0 Å².